The standard InChI is InChI=1S/C38H52O3Si/c1-9-16-32-33-31(27(2)3)21-22-37(33)24-23-36(32,8)38(40,34(37)39)25-28(4)26-41-42(35(5,6)7,29-17-12-10-13-18-29)30-19-14-11-15-20-30/h9-15,17-20,27,32,34,39-40H,1,4,16,21-26H2,2-3,5-8H3/t32-,34?,36-,37+,38?/m1/s1. The highest BCUT2D eigenvalue weighted by atomic mass is 28.4. The van der Waals surface area contributed by atoms with E-state index < -0.39 is 25.4 Å². The minimum absolute atomic E-state index is 0.146. The van der Waals surface area contributed by atoms with Crippen LogP contribution in [0.15, 0.2) is 96.6 Å². The van der Waals surface area contributed by atoms with Crippen LogP contribution in [0.1, 0.15) is 80.1 Å². The lowest BCUT2D eigenvalue weighted by atomic mass is 9.39. The highest BCUT2D eigenvalue weighted by molar-refractivity contribution is 6.99. The van der Waals surface area contributed by atoms with E-state index in [1.807, 2.05) is 6.08 Å². The van der Waals surface area contributed by atoms with Gasteiger partial charge in [0.15, 0.2) is 0 Å². The summed E-state index contributed by atoms with van der Waals surface area (Å²) >= 11 is 0. The molecule has 0 aromatic heterocycles. The molecule has 2 unspecified atom stereocenters. The molecule has 0 radical (unpaired) electrons. The number of hydrogen-bond donors (Lipinski definition) is 2. The molecule has 226 valence electrons. The number of aliphatic hydroxyl groups excluding tert-OH is 1. The van der Waals surface area contributed by atoms with Crippen molar-refractivity contribution in [1.82, 2.24) is 0 Å². The Hall–Kier alpha value is -2.24. The molecule has 2 aromatic carbocycles. The molecule has 6 rings (SSSR count). The predicted octanol–water partition coefficient (Wildman–Crippen LogP) is 7.34. The van der Waals surface area contributed by atoms with Crippen molar-refractivity contribution in [2.45, 2.75) is 96.8 Å². The summed E-state index contributed by atoms with van der Waals surface area (Å²) in [5.74, 6) is 0.632. The first kappa shape index (κ1) is 31.2. The maximum Gasteiger partial charge on any atom is 0.261 e. The van der Waals surface area contributed by atoms with Crippen molar-refractivity contribution < 1.29 is 14.6 Å². The van der Waals surface area contributed by atoms with Crippen LogP contribution in [0.25, 0.3) is 0 Å². The first-order valence-corrected chi connectivity index (χ1v) is 17.9. The van der Waals surface area contributed by atoms with Crippen molar-refractivity contribution >= 4 is 18.7 Å². The molecule has 2 aromatic rings. The molecule has 0 amide bonds. The number of rotatable bonds is 10. The Labute approximate surface area is 255 Å². The second-order valence-electron chi connectivity index (χ2n) is 14.9. The third-order valence-corrected chi connectivity index (χ3v) is 16.4. The summed E-state index contributed by atoms with van der Waals surface area (Å²) in [6.45, 7) is 22.6. The molecule has 3 fully saturated rings. The van der Waals surface area contributed by atoms with Gasteiger partial charge < -0.3 is 14.6 Å². The monoisotopic (exact) mass is 584 g/mol. The van der Waals surface area contributed by atoms with Gasteiger partial charge in [-0.2, -0.15) is 0 Å². The molecular formula is C38H52O3Si. The molecule has 42 heavy (non-hydrogen) atoms. The fraction of sp³-hybridized carbons (Fsp3) is 0.526. The van der Waals surface area contributed by atoms with Gasteiger partial charge in [-0.15, -0.1) is 6.58 Å². The third kappa shape index (κ3) is 4.48. The van der Waals surface area contributed by atoms with Gasteiger partial charge in [-0.05, 0) is 59.4 Å². The summed E-state index contributed by atoms with van der Waals surface area (Å²) < 4.78 is 7.19. The van der Waals surface area contributed by atoms with Crippen molar-refractivity contribution in [2.75, 3.05) is 6.61 Å². The van der Waals surface area contributed by atoms with Gasteiger partial charge in [-0.1, -0.05) is 132 Å². The smallest absolute Gasteiger partial charge is 0.261 e. The molecule has 1 spiro atoms. The van der Waals surface area contributed by atoms with Gasteiger partial charge >= 0.3 is 0 Å². The van der Waals surface area contributed by atoms with Crippen molar-refractivity contribution in [3.63, 3.8) is 0 Å². The van der Waals surface area contributed by atoms with E-state index in [1.165, 1.54) is 21.5 Å². The summed E-state index contributed by atoms with van der Waals surface area (Å²) in [5, 5.41) is 27.3. The normalized spacial score (nSPS) is 31.0. The van der Waals surface area contributed by atoms with Crippen molar-refractivity contribution in [1.29, 1.82) is 0 Å². The maximum absolute atomic E-state index is 12.7. The molecule has 0 heterocycles. The van der Waals surface area contributed by atoms with Crippen molar-refractivity contribution in [3.05, 3.63) is 96.6 Å². The Kier molecular flexibility index (Phi) is 8.20. The molecule has 0 aliphatic heterocycles. The molecule has 2 N–H and O–H groups in total. The van der Waals surface area contributed by atoms with Crippen LogP contribution in [0.2, 0.25) is 5.04 Å². The van der Waals surface area contributed by atoms with Gasteiger partial charge in [0.1, 0.15) is 5.60 Å². The van der Waals surface area contributed by atoms with Gasteiger partial charge in [-0.25, -0.2) is 0 Å². The summed E-state index contributed by atoms with van der Waals surface area (Å²) in [6.07, 6.45) is 6.14. The Morgan fingerprint density at radius 2 is 1.60 bits per heavy atom. The Bertz CT molecular complexity index is 1300. The SMILES string of the molecule is C=CC[C@@H]1C2=C(C(C)C)CC[C@]23CC[C@@]1(C)C(O)(CC(=C)CO[Si](c1ccccc1)(c1ccccc1)C(C)(C)C)C3O. The first-order chi connectivity index (χ1) is 19.8. The zero-order valence-electron chi connectivity index (χ0n) is 26.7. The number of fused-ring (bicyclic) bond motifs is 2. The lowest BCUT2D eigenvalue weighted by Gasteiger charge is -2.67. The van der Waals surface area contributed by atoms with Crippen LogP contribution in [0.5, 0.6) is 0 Å². The van der Waals surface area contributed by atoms with Crippen LogP contribution in [0, 0.1) is 22.7 Å². The van der Waals surface area contributed by atoms with Crippen LogP contribution in [-0.4, -0.2) is 36.8 Å². The van der Waals surface area contributed by atoms with Crippen molar-refractivity contribution in [3.8, 4) is 0 Å². The summed E-state index contributed by atoms with van der Waals surface area (Å²) in [5.41, 5.74) is 1.70. The lowest BCUT2D eigenvalue weighted by molar-refractivity contribution is -0.256. The molecule has 5 atom stereocenters. The average Bonchev–Trinajstić information content (AvgIpc) is 3.35. The Morgan fingerprint density at radius 3 is 2.10 bits per heavy atom. The molecule has 4 heteroatoms. The summed E-state index contributed by atoms with van der Waals surface area (Å²) in [6, 6.07) is 21.3. The van der Waals surface area contributed by atoms with E-state index in [1.54, 1.807) is 0 Å². The zero-order chi connectivity index (χ0) is 30.6. The molecule has 3 saturated carbocycles. The van der Waals surface area contributed by atoms with Crippen LogP contribution < -0.4 is 10.4 Å². The molecule has 4 aliphatic rings. The lowest BCUT2D eigenvalue weighted by Crippen LogP contribution is -2.72. The zero-order valence-corrected chi connectivity index (χ0v) is 27.7. The summed E-state index contributed by atoms with van der Waals surface area (Å²) in [7, 11) is -2.75. The molecule has 4 aliphatic carbocycles. The van der Waals surface area contributed by atoms with E-state index in [2.05, 4.69) is 115 Å². The predicted molar refractivity (Wildman–Crippen MR) is 177 cm³/mol. The maximum atomic E-state index is 12.7. The van der Waals surface area contributed by atoms with Crippen LogP contribution in [0.3, 0.4) is 0 Å². The number of aliphatic hydroxyl groups is 2. The molecule has 0 saturated heterocycles. The van der Waals surface area contributed by atoms with E-state index in [9.17, 15) is 10.2 Å². The average molecular weight is 585 g/mol. The molecule has 3 nitrogen and oxygen atoms in total. The van der Waals surface area contributed by atoms with E-state index in [4.69, 9.17) is 4.43 Å². The van der Waals surface area contributed by atoms with Gasteiger partial charge in [0.2, 0.25) is 0 Å². The minimum atomic E-state index is -2.75. The van der Waals surface area contributed by atoms with Gasteiger partial charge in [0, 0.05) is 17.3 Å². The Balaban J connectivity index is 1.50. The number of benzene rings is 2. The van der Waals surface area contributed by atoms with E-state index in [-0.39, 0.29) is 16.4 Å². The van der Waals surface area contributed by atoms with Gasteiger partial charge in [0.05, 0.1) is 12.7 Å². The number of allylic oxidation sites excluding steroid dienone is 2. The quantitative estimate of drug-likeness (QED) is 0.227. The second-order valence-corrected chi connectivity index (χ2v) is 19.3. The summed E-state index contributed by atoms with van der Waals surface area (Å²) in [4.78, 5) is 0. The fourth-order valence-corrected chi connectivity index (χ4v) is 13.9. The van der Waals surface area contributed by atoms with Crippen LogP contribution in [-0.2, 0) is 4.43 Å². The molecule has 2 bridgehead atoms. The van der Waals surface area contributed by atoms with E-state index in [0.717, 1.165) is 37.7 Å². The van der Waals surface area contributed by atoms with Crippen LogP contribution in [0.4, 0.5) is 0 Å². The van der Waals surface area contributed by atoms with Crippen LogP contribution >= 0.6 is 0 Å². The Morgan fingerprint density at radius 1 is 1.02 bits per heavy atom. The van der Waals surface area contributed by atoms with Gasteiger partial charge in [0.25, 0.3) is 8.32 Å². The largest absolute Gasteiger partial charge is 0.403 e. The fourth-order valence-electron chi connectivity index (χ4n) is 9.31. The van der Waals surface area contributed by atoms with E-state index in [0.29, 0.717) is 18.9 Å². The second kappa shape index (κ2) is 11.0. The van der Waals surface area contributed by atoms with E-state index >= 15 is 0 Å². The van der Waals surface area contributed by atoms with Gasteiger partial charge in [-0.3, -0.25) is 0 Å². The highest BCUT2D eigenvalue weighted by Gasteiger charge is 2.72. The number of hydrogen-bond acceptors (Lipinski definition) is 3. The third-order valence-electron chi connectivity index (χ3n) is 11.4. The topological polar surface area (TPSA) is 49.7 Å². The molecular weight excluding hydrogens is 533 g/mol. The minimum Gasteiger partial charge on any atom is -0.403 e. The van der Waals surface area contributed by atoms with Crippen molar-refractivity contribution in [2.24, 2.45) is 22.7 Å². The first-order valence-electron chi connectivity index (χ1n) is 15.9. The highest BCUT2D eigenvalue weighted by Crippen LogP contribution is 2.72.